The van der Waals surface area contributed by atoms with Crippen LogP contribution in [0.1, 0.15) is 20.8 Å². The number of hydrogen-bond acceptors (Lipinski definition) is 5. The number of carbonyl (C=O) groups excluding carboxylic acids is 1. The summed E-state index contributed by atoms with van der Waals surface area (Å²) < 4.78 is 15.2. The van der Waals surface area contributed by atoms with E-state index >= 15 is 0 Å². The summed E-state index contributed by atoms with van der Waals surface area (Å²) in [4.78, 5) is 11.1. The van der Waals surface area contributed by atoms with E-state index in [0.717, 1.165) is 0 Å². The van der Waals surface area contributed by atoms with Crippen molar-refractivity contribution in [2.45, 2.75) is 26.4 Å². The van der Waals surface area contributed by atoms with E-state index in [1.165, 1.54) is 0 Å². The third-order valence-corrected chi connectivity index (χ3v) is 1.63. The molecule has 0 fully saturated rings. The zero-order valence-corrected chi connectivity index (χ0v) is 10.7. The van der Waals surface area contributed by atoms with Gasteiger partial charge in [-0.1, -0.05) is 0 Å². The van der Waals surface area contributed by atoms with Crippen LogP contribution in [0.3, 0.4) is 0 Å². The molecule has 0 bridgehead atoms. The number of nitrogens with one attached hydrogen (secondary N) is 1. The second-order valence-electron chi connectivity index (χ2n) is 4.35. The first-order valence-corrected chi connectivity index (χ1v) is 5.45. The lowest BCUT2D eigenvalue weighted by atomic mass is 10.2. The molecular formula is C11H23NO4. The summed E-state index contributed by atoms with van der Waals surface area (Å²) in [5.41, 5.74) is -0.191. The molecule has 1 N–H and O–H groups in total. The average Bonchev–Trinajstić information content (AvgIpc) is 2.18. The summed E-state index contributed by atoms with van der Waals surface area (Å²) in [6.07, 6.45) is 0. The van der Waals surface area contributed by atoms with E-state index < -0.39 is 0 Å². The molecule has 0 rings (SSSR count). The second kappa shape index (κ2) is 8.50. The standard InChI is InChI=1S/C11H23NO4/c1-11(2,3)16-8-7-15-10(13)9-12-5-6-14-4/h12H,5-9H2,1-4H3. The Labute approximate surface area is 97.4 Å². The van der Waals surface area contributed by atoms with Crippen LogP contribution in [0.2, 0.25) is 0 Å². The summed E-state index contributed by atoms with van der Waals surface area (Å²) in [6, 6.07) is 0. The monoisotopic (exact) mass is 233 g/mol. The molecule has 0 aliphatic rings. The average molecular weight is 233 g/mol. The fourth-order valence-electron chi connectivity index (χ4n) is 0.919. The Morgan fingerprint density at radius 3 is 2.44 bits per heavy atom. The molecule has 0 radical (unpaired) electrons. The number of ether oxygens (including phenoxy) is 3. The van der Waals surface area contributed by atoms with Crippen molar-refractivity contribution in [2.24, 2.45) is 0 Å². The summed E-state index contributed by atoms with van der Waals surface area (Å²) >= 11 is 0. The first kappa shape index (κ1) is 15.3. The van der Waals surface area contributed by atoms with Crippen molar-refractivity contribution >= 4 is 5.97 Å². The molecule has 96 valence electrons. The van der Waals surface area contributed by atoms with Gasteiger partial charge in [-0.25, -0.2) is 0 Å². The zero-order valence-electron chi connectivity index (χ0n) is 10.7. The smallest absolute Gasteiger partial charge is 0.320 e. The van der Waals surface area contributed by atoms with Gasteiger partial charge in [0.2, 0.25) is 0 Å². The number of esters is 1. The molecule has 5 heteroatoms. The molecule has 0 aromatic heterocycles. The van der Waals surface area contributed by atoms with Crippen molar-refractivity contribution in [2.75, 3.05) is 40.0 Å². The highest BCUT2D eigenvalue weighted by molar-refractivity contribution is 5.71. The van der Waals surface area contributed by atoms with Crippen molar-refractivity contribution in [3.63, 3.8) is 0 Å². The van der Waals surface area contributed by atoms with Crippen LogP contribution in [-0.4, -0.2) is 51.6 Å². The van der Waals surface area contributed by atoms with Gasteiger partial charge in [-0.2, -0.15) is 0 Å². The van der Waals surface area contributed by atoms with Gasteiger partial charge in [0.1, 0.15) is 6.61 Å². The molecule has 0 aromatic carbocycles. The van der Waals surface area contributed by atoms with E-state index in [-0.39, 0.29) is 18.1 Å². The van der Waals surface area contributed by atoms with Crippen molar-refractivity contribution in [3.8, 4) is 0 Å². The number of hydrogen-bond donors (Lipinski definition) is 1. The normalized spacial score (nSPS) is 11.5. The SMILES string of the molecule is COCCNCC(=O)OCCOC(C)(C)C. The molecule has 0 aliphatic heterocycles. The van der Waals surface area contributed by atoms with Gasteiger partial charge >= 0.3 is 5.97 Å². The van der Waals surface area contributed by atoms with E-state index in [1.807, 2.05) is 20.8 Å². The maximum absolute atomic E-state index is 11.1. The molecule has 16 heavy (non-hydrogen) atoms. The predicted octanol–water partition coefficient (Wildman–Crippen LogP) is 0.581. The lowest BCUT2D eigenvalue weighted by Gasteiger charge is -2.19. The lowest BCUT2D eigenvalue weighted by molar-refractivity contribution is -0.145. The first-order valence-electron chi connectivity index (χ1n) is 5.45. The van der Waals surface area contributed by atoms with Crippen molar-refractivity contribution in [3.05, 3.63) is 0 Å². The Balaban J connectivity index is 3.31. The molecule has 0 amide bonds. The Morgan fingerprint density at radius 1 is 1.19 bits per heavy atom. The van der Waals surface area contributed by atoms with Crippen LogP contribution in [0.15, 0.2) is 0 Å². The number of rotatable bonds is 8. The summed E-state index contributed by atoms with van der Waals surface area (Å²) in [7, 11) is 1.61. The number of carbonyl (C=O) groups is 1. The van der Waals surface area contributed by atoms with Crippen LogP contribution in [0.4, 0.5) is 0 Å². The summed E-state index contributed by atoms with van der Waals surface area (Å²) in [5, 5.41) is 2.90. The van der Waals surface area contributed by atoms with Gasteiger partial charge in [0, 0.05) is 13.7 Å². The van der Waals surface area contributed by atoms with Gasteiger partial charge < -0.3 is 19.5 Å². The quantitative estimate of drug-likeness (QED) is 0.491. The van der Waals surface area contributed by atoms with Gasteiger partial charge in [-0.05, 0) is 20.8 Å². The first-order chi connectivity index (χ1) is 7.45. The van der Waals surface area contributed by atoms with E-state index in [4.69, 9.17) is 14.2 Å². The van der Waals surface area contributed by atoms with Crippen molar-refractivity contribution < 1.29 is 19.0 Å². The highest BCUT2D eigenvalue weighted by atomic mass is 16.6. The highest BCUT2D eigenvalue weighted by Crippen LogP contribution is 2.05. The molecule has 0 heterocycles. The maximum Gasteiger partial charge on any atom is 0.320 e. The summed E-state index contributed by atoms with van der Waals surface area (Å²) in [5.74, 6) is -0.270. The van der Waals surface area contributed by atoms with E-state index in [1.54, 1.807) is 7.11 Å². The van der Waals surface area contributed by atoms with E-state index in [9.17, 15) is 4.79 Å². The van der Waals surface area contributed by atoms with Gasteiger partial charge in [0.25, 0.3) is 0 Å². The molecule has 0 unspecified atom stereocenters. The van der Waals surface area contributed by atoms with Crippen molar-refractivity contribution in [1.29, 1.82) is 0 Å². The molecule has 0 spiro atoms. The maximum atomic E-state index is 11.1. The molecule has 0 aromatic rings. The van der Waals surface area contributed by atoms with Crippen LogP contribution >= 0.6 is 0 Å². The van der Waals surface area contributed by atoms with Crippen LogP contribution < -0.4 is 5.32 Å². The molecule has 5 nitrogen and oxygen atoms in total. The van der Waals surface area contributed by atoms with E-state index in [2.05, 4.69) is 5.32 Å². The Bertz CT molecular complexity index is 189. The van der Waals surface area contributed by atoms with Gasteiger partial charge in [0.15, 0.2) is 0 Å². The Hall–Kier alpha value is -0.650. The molecular weight excluding hydrogens is 210 g/mol. The zero-order chi connectivity index (χ0) is 12.4. The van der Waals surface area contributed by atoms with Gasteiger partial charge in [-0.3, -0.25) is 4.79 Å². The van der Waals surface area contributed by atoms with Crippen LogP contribution in [0, 0.1) is 0 Å². The minimum absolute atomic E-state index is 0.191. The fraction of sp³-hybridized carbons (Fsp3) is 0.909. The molecule has 0 aliphatic carbocycles. The van der Waals surface area contributed by atoms with Crippen LogP contribution in [0.5, 0.6) is 0 Å². The third kappa shape index (κ3) is 11.4. The summed E-state index contributed by atoms with van der Waals surface area (Å²) in [6.45, 7) is 8.03. The lowest BCUT2D eigenvalue weighted by Crippen LogP contribution is -2.29. The molecule has 0 saturated carbocycles. The second-order valence-corrected chi connectivity index (χ2v) is 4.35. The van der Waals surface area contributed by atoms with Crippen molar-refractivity contribution in [1.82, 2.24) is 5.32 Å². The molecule has 0 atom stereocenters. The Kier molecular flexibility index (Phi) is 8.15. The van der Waals surface area contributed by atoms with Crippen LogP contribution in [0.25, 0.3) is 0 Å². The topological polar surface area (TPSA) is 56.8 Å². The largest absolute Gasteiger partial charge is 0.462 e. The highest BCUT2D eigenvalue weighted by Gasteiger charge is 2.10. The van der Waals surface area contributed by atoms with E-state index in [0.29, 0.717) is 26.4 Å². The Morgan fingerprint density at radius 2 is 1.88 bits per heavy atom. The van der Waals surface area contributed by atoms with Crippen LogP contribution in [-0.2, 0) is 19.0 Å². The minimum Gasteiger partial charge on any atom is -0.462 e. The molecule has 0 saturated heterocycles. The minimum atomic E-state index is -0.270. The fourth-order valence-corrected chi connectivity index (χ4v) is 0.919. The third-order valence-electron chi connectivity index (χ3n) is 1.63. The predicted molar refractivity (Wildman–Crippen MR) is 61.4 cm³/mol. The van der Waals surface area contributed by atoms with Gasteiger partial charge in [0.05, 0.1) is 25.4 Å². The van der Waals surface area contributed by atoms with Gasteiger partial charge in [-0.15, -0.1) is 0 Å². The number of methoxy groups -OCH3 is 1.